The maximum atomic E-state index is 13.7. The van der Waals surface area contributed by atoms with Crippen molar-refractivity contribution in [1.29, 1.82) is 0 Å². The smallest absolute Gasteiger partial charge is 0.255 e. The molecule has 9 nitrogen and oxygen atoms in total. The molecule has 3 heterocycles. The molecule has 0 fully saturated rings. The topological polar surface area (TPSA) is 114 Å². The summed E-state index contributed by atoms with van der Waals surface area (Å²) in [5, 5.41) is 6.28. The minimum Gasteiger partial charge on any atom is -0.463 e. The van der Waals surface area contributed by atoms with Gasteiger partial charge in [-0.15, -0.1) is 0 Å². The number of halogens is 2. The minimum atomic E-state index is -3.87. The fourth-order valence-electron chi connectivity index (χ4n) is 5.29. The molecule has 0 bridgehead atoms. The summed E-state index contributed by atoms with van der Waals surface area (Å²) in [6.07, 6.45) is 2.13. The molecular formula is C32H28F2N4O5S. The van der Waals surface area contributed by atoms with Gasteiger partial charge in [-0.25, -0.2) is 17.8 Å². The lowest BCUT2D eigenvalue weighted by molar-refractivity contribution is 0.0964. The zero-order chi connectivity index (χ0) is 31.0. The molecule has 2 aromatic heterocycles. The predicted octanol–water partition coefficient (Wildman–Crippen LogP) is 6.29. The summed E-state index contributed by atoms with van der Waals surface area (Å²) in [5.74, 6) is 0.497. The number of alkyl halides is 1. The van der Waals surface area contributed by atoms with Gasteiger partial charge in [-0.1, -0.05) is 18.2 Å². The van der Waals surface area contributed by atoms with Gasteiger partial charge in [0.05, 0.1) is 24.2 Å². The van der Waals surface area contributed by atoms with Crippen molar-refractivity contribution < 1.29 is 31.1 Å². The molecule has 1 atom stereocenters. The molecule has 1 aliphatic rings. The number of benzene rings is 3. The van der Waals surface area contributed by atoms with E-state index in [4.69, 9.17) is 9.15 Å². The van der Waals surface area contributed by atoms with Gasteiger partial charge < -0.3 is 19.8 Å². The number of ether oxygens (including phenoxy) is 1. The Labute approximate surface area is 252 Å². The van der Waals surface area contributed by atoms with E-state index in [1.165, 1.54) is 31.3 Å². The summed E-state index contributed by atoms with van der Waals surface area (Å²) < 4.78 is 66.6. The molecule has 1 aliphatic heterocycles. The molecular weight excluding hydrogens is 590 g/mol. The van der Waals surface area contributed by atoms with Crippen LogP contribution in [0.1, 0.15) is 28.6 Å². The Bertz CT molecular complexity index is 1950. The Balaban J connectivity index is 1.57. The Morgan fingerprint density at radius 2 is 1.86 bits per heavy atom. The van der Waals surface area contributed by atoms with E-state index in [-0.39, 0.29) is 35.6 Å². The molecule has 0 saturated carbocycles. The summed E-state index contributed by atoms with van der Waals surface area (Å²) in [7, 11) is -2.39. The van der Waals surface area contributed by atoms with E-state index in [0.29, 0.717) is 33.6 Å². The molecule has 44 heavy (non-hydrogen) atoms. The Hall–Kier alpha value is -4.97. The number of carbonyl (C=O) groups excluding carboxylic acids is 1. The van der Waals surface area contributed by atoms with Crippen LogP contribution in [-0.2, 0) is 10.0 Å². The van der Waals surface area contributed by atoms with Crippen LogP contribution in [0.15, 0.2) is 83.4 Å². The number of nitrogens with one attached hydrogen (secondary N) is 2. The van der Waals surface area contributed by atoms with Crippen molar-refractivity contribution in [3.63, 3.8) is 0 Å². The van der Waals surface area contributed by atoms with Crippen molar-refractivity contribution in [2.75, 3.05) is 36.1 Å². The van der Waals surface area contributed by atoms with Crippen molar-refractivity contribution in [2.45, 2.75) is 12.6 Å². The third kappa shape index (κ3) is 5.44. The highest BCUT2D eigenvalue weighted by Crippen LogP contribution is 2.43. The number of furan rings is 1. The Kier molecular flexibility index (Phi) is 7.68. The first-order chi connectivity index (χ1) is 21.2. The second kappa shape index (κ2) is 11.6. The lowest BCUT2D eigenvalue weighted by atomic mass is 9.97. The van der Waals surface area contributed by atoms with Crippen molar-refractivity contribution in [1.82, 2.24) is 10.3 Å². The second-order valence-corrected chi connectivity index (χ2v) is 12.2. The van der Waals surface area contributed by atoms with Crippen LogP contribution in [0.4, 0.5) is 20.3 Å². The van der Waals surface area contributed by atoms with Crippen LogP contribution in [0.25, 0.3) is 33.4 Å². The fraction of sp³-hybridized carbons (Fsp3) is 0.188. The first kappa shape index (κ1) is 29.1. The van der Waals surface area contributed by atoms with E-state index in [9.17, 15) is 22.0 Å². The quantitative estimate of drug-likeness (QED) is 0.200. The summed E-state index contributed by atoms with van der Waals surface area (Å²) >= 11 is 0. The van der Waals surface area contributed by atoms with Gasteiger partial charge in [0.15, 0.2) is 17.8 Å². The van der Waals surface area contributed by atoms with Gasteiger partial charge in [0.25, 0.3) is 5.91 Å². The Morgan fingerprint density at radius 3 is 2.57 bits per heavy atom. The van der Waals surface area contributed by atoms with Gasteiger partial charge in [-0.2, -0.15) is 0 Å². The maximum absolute atomic E-state index is 13.7. The van der Waals surface area contributed by atoms with Gasteiger partial charge in [0.2, 0.25) is 10.0 Å². The van der Waals surface area contributed by atoms with Crippen molar-refractivity contribution >= 4 is 38.4 Å². The maximum Gasteiger partial charge on any atom is 0.255 e. The number of pyridine rings is 1. The number of aromatic nitrogens is 1. The molecule has 6 rings (SSSR count). The van der Waals surface area contributed by atoms with Gasteiger partial charge in [0, 0.05) is 47.9 Å². The molecule has 1 unspecified atom stereocenters. The molecule has 3 aromatic carbocycles. The van der Waals surface area contributed by atoms with Gasteiger partial charge in [0.1, 0.15) is 17.2 Å². The highest BCUT2D eigenvalue weighted by Gasteiger charge is 2.29. The van der Waals surface area contributed by atoms with Crippen LogP contribution in [0.2, 0.25) is 0 Å². The fourth-order valence-corrected chi connectivity index (χ4v) is 6.26. The van der Waals surface area contributed by atoms with Crippen LogP contribution in [0, 0.1) is 5.82 Å². The average molecular weight is 619 g/mol. The zero-order valence-electron chi connectivity index (χ0n) is 23.8. The summed E-state index contributed by atoms with van der Waals surface area (Å²) in [5.41, 5.74) is 2.97. The van der Waals surface area contributed by atoms with Crippen molar-refractivity contribution in [3.05, 3.63) is 95.9 Å². The monoisotopic (exact) mass is 618 g/mol. The van der Waals surface area contributed by atoms with Gasteiger partial charge in [-0.3, -0.25) is 13.5 Å². The van der Waals surface area contributed by atoms with Gasteiger partial charge in [-0.05, 0) is 60.5 Å². The molecule has 1 amide bonds. The number of hydrogen-bond donors (Lipinski definition) is 2. The second-order valence-electron chi connectivity index (χ2n) is 10.3. The largest absolute Gasteiger partial charge is 0.463 e. The van der Waals surface area contributed by atoms with Crippen LogP contribution in [-0.4, -0.2) is 45.8 Å². The molecule has 5 aromatic rings. The molecule has 0 radical (unpaired) electrons. The summed E-state index contributed by atoms with van der Waals surface area (Å²) in [4.78, 5) is 17.5. The number of nitrogens with zero attached hydrogens (tertiary/aromatic N) is 2. The molecule has 2 N–H and O–H groups in total. The first-order valence-electron chi connectivity index (χ1n) is 13.8. The van der Waals surface area contributed by atoms with E-state index in [1.807, 2.05) is 24.3 Å². The zero-order valence-corrected chi connectivity index (χ0v) is 24.6. The molecule has 0 spiro atoms. The van der Waals surface area contributed by atoms with E-state index in [2.05, 4.69) is 15.6 Å². The summed E-state index contributed by atoms with van der Waals surface area (Å²) in [6, 6.07) is 19.7. The third-order valence-electron chi connectivity index (χ3n) is 7.31. The molecule has 0 saturated heterocycles. The van der Waals surface area contributed by atoms with E-state index >= 15 is 0 Å². The van der Waals surface area contributed by atoms with Crippen molar-refractivity contribution in [2.24, 2.45) is 0 Å². The minimum absolute atomic E-state index is 0.0296. The predicted molar refractivity (Wildman–Crippen MR) is 164 cm³/mol. The average Bonchev–Trinajstić information content (AvgIpc) is 3.62. The number of anilines is 2. The SMILES string of the molecule is CNC(=O)c1c(-c2ccc(F)cc2)oc2cc(N(CCCF)S(C)(=O)=O)c(-c3cccc(C4Nc5ncccc5O4)c3)cc12. The number of hydrogen-bond acceptors (Lipinski definition) is 7. The normalized spacial score (nSPS) is 14.1. The van der Waals surface area contributed by atoms with E-state index in [1.54, 1.807) is 30.5 Å². The van der Waals surface area contributed by atoms with Gasteiger partial charge >= 0.3 is 0 Å². The number of carbonyl (C=O) groups is 1. The van der Waals surface area contributed by atoms with E-state index in [0.717, 1.165) is 16.1 Å². The van der Waals surface area contributed by atoms with Crippen LogP contribution in [0.5, 0.6) is 5.75 Å². The lowest BCUT2D eigenvalue weighted by Gasteiger charge is -2.25. The number of amides is 1. The lowest BCUT2D eigenvalue weighted by Crippen LogP contribution is -2.31. The highest BCUT2D eigenvalue weighted by atomic mass is 32.2. The highest BCUT2D eigenvalue weighted by molar-refractivity contribution is 7.92. The molecule has 0 aliphatic carbocycles. The standard InChI is InChI=1S/C32H28F2N4O5S/c1-35-31(39)28-24-17-23(20-6-3-7-21(16-20)32-37-30-26(43-32)8-4-14-36-30)25(38(15-5-13-33)44(2,40)41)18-27(24)42-29(28)19-9-11-22(34)12-10-19/h3-4,6-12,14,16-18,32H,5,13,15H2,1-2H3,(H,35,39)(H,36,37). The van der Waals surface area contributed by atoms with Crippen LogP contribution in [0.3, 0.4) is 0 Å². The molecule has 226 valence electrons. The van der Waals surface area contributed by atoms with Crippen molar-refractivity contribution in [3.8, 4) is 28.2 Å². The Morgan fingerprint density at radius 1 is 1.07 bits per heavy atom. The first-order valence-corrected chi connectivity index (χ1v) is 15.6. The number of sulfonamides is 1. The van der Waals surface area contributed by atoms with Crippen LogP contribution >= 0.6 is 0 Å². The van der Waals surface area contributed by atoms with Crippen LogP contribution < -0.4 is 19.7 Å². The third-order valence-corrected chi connectivity index (χ3v) is 8.49. The number of fused-ring (bicyclic) bond motifs is 2. The molecule has 12 heteroatoms. The summed E-state index contributed by atoms with van der Waals surface area (Å²) in [6.45, 7) is -0.829. The number of rotatable bonds is 9. The van der Waals surface area contributed by atoms with E-state index < -0.39 is 34.7 Å².